The number of ether oxygens (including phenoxy) is 4. The zero-order valence-electron chi connectivity index (χ0n) is 33.4. The van der Waals surface area contributed by atoms with Gasteiger partial charge in [-0.3, -0.25) is 14.9 Å². The molecule has 3 aromatic rings. The van der Waals surface area contributed by atoms with Gasteiger partial charge in [-0.15, -0.1) is 0 Å². The minimum Gasteiger partial charge on any atom is -0.495 e. The van der Waals surface area contributed by atoms with Gasteiger partial charge in [0.25, 0.3) is 0 Å². The van der Waals surface area contributed by atoms with Crippen LogP contribution in [0.1, 0.15) is 87.9 Å². The van der Waals surface area contributed by atoms with Crippen molar-refractivity contribution in [2.75, 3.05) is 32.2 Å². The fourth-order valence-electron chi connectivity index (χ4n) is 7.01. The molecule has 0 aromatic heterocycles. The van der Waals surface area contributed by atoms with Crippen LogP contribution in [0.4, 0.5) is 14.5 Å². The molecule has 12 nitrogen and oxygen atoms in total. The van der Waals surface area contributed by atoms with Gasteiger partial charge in [-0.25, -0.2) is 13.6 Å². The van der Waals surface area contributed by atoms with Gasteiger partial charge in [0, 0.05) is 22.5 Å². The summed E-state index contributed by atoms with van der Waals surface area (Å²) in [6, 6.07) is 13.2. The van der Waals surface area contributed by atoms with Gasteiger partial charge in [0.2, 0.25) is 12.3 Å². The molecule has 0 aliphatic carbocycles. The van der Waals surface area contributed by atoms with Crippen molar-refractivity contribution < 1.29 is 47.2 Å². The van der Waals surface area contributed by atoms with Gasteiger partial charge < -0.3 is 34.7 Å². The number of methoxy groups -OCH3 is 1. The SMILES string of the molecule is CCc1cccc(C2C(C(=O)Nc3ccc(C(=O)OCCOC(=O)CNC(O)OC(C)(C)C)cc3OC)NC(CC(C)(C)C)C2(C#N)c2ccc(Cl)cc2F)c1F. The largest absolute Gasteiger partial charge is 0.495 e. The van der Waals surface area contributed by atoms with E-state index in [-0.39, 0.29) is 52.9 Å². The smallest absolute Gasteiger partial charge is 0.338 e. The number of benzene rings is 3. The van der Waals surface area contributed by atoms with E-state index in [1.807, 2.05) is 20.8 Å². The van der Waals surface area contributed by atoms with Gasteiger partial charge in [0.05, 0.1) is 42.6 Å². The van der Waals surface area contributed by atoms with Gasteiger partial charge in [0.1, 0.15) is 36.0 Å². The first-order valence-corrected chi connectivity index (χ1v) is 18.9. The van der Waals surface area contributed by atoms with Crippen molar-refractivity contribution in [2.45, 2.75) is 96.7 Å². The summed E-state index contributed by atoms with van der Waals surface area (Å²) in [5, 5.41) is 29.7. The number of hydrogen-bond donors (Lipinski definition) is 4. The van der Waals surface area contributed by atoms with Crippen LogP contribution in [0.3, 0.4) is 0 Å². The number of aliphatic hydroxyl groups is 1. The molecule has 1 saturated heterocycles. The van der Waals surface area contributed by atoms with E-state index >= 15 is 8.78 Å². The lowest BCUT2D eigenvalue weighted by Crippen LogP contribution is -2.45. The molecule has 15 heteroatoms. The highest BCUT2D eigenvalue weighted by Gasteiger charge is 2.61. The molecule has 5 atom stereocenters. The second-order valence-corrected chi connectivity index (χ2v) is 16.4. The fourth-order valence-corrected chi connectivity index (χ4v) is 7.17. The Morgan fingerprint density at radius 2 is 1.74 bits per heavy atom. The second kappa shape index (κ2) is 18.7. The third-order valence-electron chi connectivity index (χ3n) is 9.40. The van der Waals surface area contributed by atoms with Crippen LogP contribution in [-0.4, -0.2) is 73.9 Å². The Labute approximate surface area is 337 Å². The topological polar surface area (TPSA) is 168 Å². The number of aryl methyl sites for hydroxylation is 1. The van der Waals surface area contributed by atoms with E-state index in [1.54, 1.807) is 39.8 Å². The Hall–Kier alpha value is -4.65. The maximum Gasteiger partial charge on any atom is 0.338 e. The summed E-state index contributed by atoms with van der Waals surface area (Å²) >= 11 is 6.14. The Morgan fingerprint density at radius 1 is 1.04 bits per heavy atom. The number of carbonyl (C=O) groups excluding carboxylic acids is 3. The summed E-state index contributed by atoms with van der Waals surface area (Å²) in [5.74, 6) is -4.62. The zero-order valence-corrected chi connectivity index (χ0v) is 34.2. The maximum absolute atomic E-state index is 16.4. The molecular formula is C42H51ClF2N4O8. The number of hydrogen-bond acceptors (Lipinski definition) is 11. The first-order valence-electron chi connectivity index (χ1n) is 18.6. The Morgan fingerprint density at radius 3 is 2.35 bits per heavy atom. The number of aliphatic hydroxyl groups excluding tert-OH is 1. The van der Waals surface area contributed by atoms with Gasteiger partial charge >= 0.3 is 11.9 Å². The number of amides is 1. The number of halogens is 3. The van der Waals surface area contributed by atoms with Crippen molar-refractivity contribution in [1.82, 2.24) is 10.6 Å². The number of rotatable bonds is 15. The molecular weight excluding hydrogens is 762 g/mol. The third kappa shape index (κ3) is 11.1. The molecule has 1 heterocycles. The van der Waals surface area contributed by atoms with Gasteiger partial charge in [-0.2, -0.15) is 5.26 Å². The van der Waals surface area contributed by atoms with E-state index in [4.69, 9.17) is 30.5 Å². The number of esters is 2. The first kappa shape index (κ1) is 45.1. The molecule has 57 heavy (non-hydrogen) atoms. The van der Waals surface area contributed by atoms with Gasteiger partial charge in [-0.1, -0.05) is 63.6 Å². The number of carbonyl (C=O) groups is 3. The second-order valence-electron chi connectivity index (χ2n) is 15.9. The molecule has 0 radical (unpaired) electrons. The molecule has 0 spiro atoms. The van der Waals surface area contributed by atoms with Crippen LogP contribution in [0.5, 0.6) is 5.75 Å². The minimum absolute atomic E-state index is 0.0193. The number of nitriles is 1. The first-order chi connectivity index (χ1) is 26.7. The van der Waals surface area contributed by atoms with Crippen LogP contribution in [-0.2, 0) is 35.6 Å². The molecule has 0 saturated carbocycles. The highest BCUT2D eigenvalue weighted by Crippen LogP contribution is 2.53. The van der Waals surface area contributed by atoms with Crippen LogP contribution in [0.2, 0.25) is 5.02 Å². The zero-order chi connectivity index (χ0) is 42.3. The molecule has 1 aliphatic heterocycles. The monoisotopic (exact) mass is 812 g/mol. The van der Waals surface area contributed by atoms with E-state index in [9.17, 15) is 24.8 Å². The predicted molar refractivity (Wildman–Crippen MR) is 210 cm³/mol. The van der Waals surface area contributed by atoms with Crippen molar-refractivity contribution in [1.29, 1.82) is 5.26 Å². The van der Waals surface area contributed by atoms with Crippen LogP contribution in [0.15, 0.2) is 54.6 Å². The van der Waals surface area contributed by atoms with Crippen molar-refractivity contribution >= 4 is 35.1 Å². The Kier molecular flexibility index (Phi) is 14.8. The van der Waals surface area contributed by atoms with Crippen molar-refractivity contribution in [3.63, 3.8) is 0 Å². The van der Waals surface area contributed by atoms with E-state index in [2.05, 4.69) is 22.0 Å². The summed E-state index contributed by atoms with van der Waals surface area (Å²) in [5.41, 5.74) is -2.20. The summed E-state index contributed by atoms with van der Waals surface area (Å²) in [4.78, 5) is 39.4. The van der Waals surface area contributed by atoms with Crippen LogP contribution < -0.4 is 20.7 Å². The third-order valence-corrected chi connectivity index (χ3v) is 9.64. The lowest BCUT2D eigenvalue weighted by molar-refractivity contribution is -0.184. The molecule has 0 bridgehead atoms. The molecule has 4 N–H and O–H groups in total. The van der Waals surface area contributed by atoms with E-state index in [0.717, 1.165) is 6.07 Å². The quantitative estimate of drug-likeness (QED) is 0.0749. The number of nitrogens with zero attached hydrogens (tertiary/aromatic N) is 1. The Bertz CT molecular complexity index is 1980. The lowest BCUT2D eigenvalue weighted by atomic mass is 9.62. The van der Waals surface area contributed by atoms with Crippen LogP contribution in [0.25, 0.3) is 0 Å². The molecule has 4 rings (SSSR count). The highest BCUT2D eigenvalue weighted by atomic mass is 35.5. The molecule has 1 amide bonds. The minimum atomic E-state index is -1.78. The number of anilines is 1. The molecule has 5 unspecified atom stereocenters. The van der Waals surface area contributed by atoms with Crippen molar-refractivity contribution in [2.24, 2.45) is 5.41 Å². The summed E-state index contributed by atoms with van der Waals surface area (Å²) < 4.78 is 53.5. The molecule has 308 valence electrons. The molecule has 1 aliphatic rings. The van der Waals surface area contributed by atoms with Crippen molar-refractivity contribution in [3.8, 4) is 11.8 Å². The maximum atomic E-state index is 16.4. The predicted octanol–water partition coefficient (Wildman–Crippen LogP) is 6.53. The summed E-state index contributed by atoms with van der Waals surface area (Å²) in [6.07, 6.45) is -0.737. The van der Waals surface area contributed by atoms with E-state index in [0.29, 0.717) is 18.4 Å². The lowest BCUT2D eigenvalue weighted by Gasteiger charge is -2.37. The van der Waals surface area contributed by atoms with E-state index < -0.39 is 70.3 Å². The van der Waals surface area contributed by atoms with Crippen LogP contribution >= 0.6 is 11.6 Å². The summed E-state index contributed by atoms with van der Waals surface area (Å²) in [7, 11) is 1.34. The number of nitrogens with one attached hydrogen (secondary N) is 3. The van der Waals surface area contributed by atoms with Crippen LogP contribution in [0, 0.1) is 28.4 Å². The Balaban J connectivity index is 1.59. The molecule has 3 aromatic carbocycles. The normalized spacial score (nSPS) is 20.0. The van der Waals surface area contributed by atoms with Gasteiger partial charge in [-0.05, 0) is 80.5 Å². The van der Waals surface area contributed by atoms with E-state index in [1.165, 1.54) is 43.5 Å². The molecule has 1 fully saturated rings. The average Bonchev–Trinajstić information content (AvgIpc) is 3.44. The fraction of sp³-hybridized carbons (Fsp3) is 0.476. The van der Waals surface area contributed by atoms with Crippen molar-refractivity contribution in [3.05, 3.63) is 93.5 Å². The van der Waals surface area contributed by atoms with Gasteiger partial charge in [0.15, 0.2) is 0 Å². The standard InChI is InChI=1S/C42H51ClF2N4O8/c1-9-24-11-10-12-27(35(24)45)34-36(49-32(21-40(2,3)4)42(34,23-46)28-15-14-26(43)20-29(28)44)37(51)48-30-16-13-25(19-31(30)54-8)38(52)56-18-17-55-33(50)22-47-39(53)57-41(5,6)7/h10-16,19-20,32,34,36,39,47,49,53H,9,17-18,21-22H2,1-8H3,(H,48,51). The highest BCUT2D eigenvalue weighted by molar-refractivity contribution is 6.30. The summed E-state index contributed by atoms with van der Waals surface area (Å²) in [6.45, 7) is 12.0. The average molecular weight is 813 g/mol.